The molecular formula is C20H22F3N3O2. The van der Waals surface area contributed by atoms with Crippen LogP contribution < -0.4 is 4.90 Å². The van der Waals surface area contributed by atoms with Crippen LogP contribution in [0.3, 0.4) is 0 Å². The van der Waals surface area contributed by atoms with Gasteiger partial charge in [0, 0.05) is 31.9 Å². The number of fused-ring (bicyclic) bond motifs is 1. The number of hydrogen-bond donors (Lipinski definition) is 0. The second-order valence-corrected chi connectivity index (χ2v) is 7.55. The van der Waals surface area contributed by atoms with E-state index in [1.165, 1.54) is 17.0 Å². The summed E-state index contributed by atoms with van der Waals surface area (Å²) < 4.78 is 38.8. The van der Waals surface area contributed by atoms with Crippen LogP contribution in [-0.2, 0) is 15.8 Å². The predicted octanol–water partition coefficient (Wildman–Crippen LogP) is 2.74. The quantitative estimate of drug-likeness (QED) is 0.585. The van der Waals surface area contributed by atoms with Crippen molar-refractivity contribution in [3.8, 4) is 0 Å². The lowest BCUT2D eigenvalue weighted by atomic mass is 9.85. The molecule has 2 amide bonds. The fourth-order valence-electron chi connectivity index (χ4n) is 4.23. The molecule has 2 aliphatic heterocycles. The van der Waals surface area contributed by atoms with Crippen LogP contribution in [0.2, 0.25) is 0 Å². The zero-order valence-corrected chi connectivity index (χ0v) is 15.4. The summed E-state index contributed by atoms with van der Waals surface area (Å²) in [5, 5.41) is 0. The van der Waals surface area contributed by atoms with Crippen LogP contribution in [0.15, 0.2) is 36.4 Å². The number of amides is 2. The number of nitrogens with zero attached hydrogens (tertiary/aromatic N) is 3. The molecule has 0 saturated carbocycles. The minimum absolute atomic E-state index is 0.0975. The Labute approximate surface area is 161 Å². The number of carbonyl (C=O) groups is 2. The minimum Gasteiger partial charge on any atom is -0.369 e. The molecule has 2 saturated heterocycles. The van der Waals surface area contributed by atoms with Gasteiger partial charge >= 0.3 is 6.18 Å². The Morgan fingerprint density at radius 3 is 2.11 bits per heavy atom. The standard InChI is InChI=1S/C20H22F3N3O2/c21-20(22,23)14-4-3-5-15(12-14)25-10-8-24(9-11-25)13-26-18(27)16-6-1-2-7-17(16)19(26)28/h1-5,12,16-17H,6-11,13H2/t16-,17-/m1/s1. The molecular weight excluding hydrogens is 371 g/mol. The molecule has 150 valence electrons. The number of allylic oxidation sites excluding steroid dienone is 2. The van der Waals surface area contributed by atoms with E-state index >= 15 is 0 Å². The van der Waals surface area contributed by atoms with Crippen LogP contribution in [-0.4, -0.2) is 54.5 Å². The second kappa shape index (κ2) is 7.24. The first-order chi connectivity index (χ1) is 13.3. The maximum atomic E-state index is 12.9. The molecule has 0 spiro atoms. The van der Waals surface area contributed by atoms with Gasteiger partial charge in [0.25, 0.3) is 0 Å². The largest absolute Gasteiger partial charge is 0.416 e. The van der Waals surface area contributed by atoms with Crippen molar-refractivity contribution in [2.75, 3.05) is 37.7 Å². The zero-order chi connectivity index (χ0) is 19.9. The number of halogens is 3. The highest BCUT2D eigenvalue weighted by Crippen LogP contribution is 2.35. The highest BCUT2D eigenvalue weighted by molar-refractivity contribution is 6.05. The third-order valence-corrected chi connectivity index (χ3v) is 5.85. The highest BCUT2D eigenvalue weighted by Gasteiger charge is 2.47. The first-order valence-corrected chi connectivity index (χ1v) is 9.49. The molecule has 3 aliphatic rings. The van der Waals surface area contributed by atoms with Gasteiger partial charge in [-0.15, -0.1) is 0 Å². The number of piperazine rings is 1. The summed E-state index contributed by atoms with van der Waals surface area (Å²) in [4.78, 5) is 30.4. The molecule has 0 radical (unpaired) electrons. The van der Waals surface area contributed by atoms with Crippen molar-refractivity contribution in [1.82, 2.24) is 9.80 Å². The van der Waals surface area contributed by atoms with E-state index in [4.69, 9.17) is 0 Å². The van der Waals surface area contributed by atoms with E-state index in [0.29, 0.717) is 44.7 Å². The van der Waals surface area contributed by atoms with Crippen molar-refractivity contribution in [3.63, 3.8) is 0 Å². The maximum Gasteiger partial charge on any atom is 0.416 e. The van der Waals surface area contributed by atoms with E-state index in [-0.39, 0.29) is 30.3 Å². The summed E-state index contributed by atoms with van der Waals surface area (Å²) in [6.45, 7) is 2.53. The second-order valence-electron chi connectivity index (χ2n) is 7.55. The van der Waals surface area contributed by atoms with Gasteiger partial charge < -0.3 is 4.90 Å². The molecule has 4 rings (SSSR count). The first-order valence-electron chi connectivity index (χ1n) is 9.49. The van der Waals surface area contributed by atoms with Gasteiger partial charge in [0.2, 0.25) is 11.8 Å². The van der Waals surface area contributed by atoms with Crippen LogP contribution in [0.1, 0.15) is 18.4 Å². The van der Waals surface area contributed by atoms with Crippen molar-refractivity contribution in [3.05, 3.63) is 42.0 Å². The van der Waals surface area contributed by atoms with Crippen LogP contribution in [0.5, 0.6) is 0 Å². The Bertz CT molecular complexity index is 774. The van der Waals surface area contributed by atoms with E-state index in [2.05, 4.69) is 0 Å². The van der Waals surface area contributed by atoms with Crippen LogP contribution >= 0.6 is 0 Å². The normalized spacial score (nSPS) is 26.1. The zero-order valence-electron chi connectivity index (χ0n) is 15.4. The third kappa shape index (κ3) is 3.53. The van der Waals surface area contributed by atoms with Gasteiger partial charge in [-0.3, -0.25) is 19.4 Å². The Balaban J connectivity index is 1.36. The van der Waals surface area contributed by atoms with E-state index in [1.807, 2.05) is 22.0 Å². The molecule has 0 bridgehead atoms. The summed E-state index contributed by atoms with van der Waals surface area (Å²) in [5.41, 5.74) is -0.114. The summed E-state index contributed by atoms with van der Waals surface area (Å²) in [5.74, 6) is -0.660. The first kappa shape index (κ1) is 19.0. The number of imide groups is 1. The Hall–Kier alpha value is -2.35. The van der Waals surface area contributed by atoms with Crippen molar-refractivity contribution < 1.29 is 22.8 Å². The third-order valence-electron chi connectivity index (χ3n) is 5.85. The van der Waals surface area contributed by atoms with Crippen LogP contribution in [0, 0.1) is 11.8 Å². The molecule has 2 fully saturated rings. The Morgan fingerprint density at radius 1 is 0.929 bits per heavy atom. The molecule has 1 aromatic carbocycles. The van der Waals surface area contributed by atoms with E-state index in [9.17, 15) is 22.8 Å². The Morgan fingerprint density at radius 2 is 1.54 bits per heavy atom. The molecule has 8 heteroatoms. The van der Waals surface area contributed by atoms with Crippen LogP contribution in [0.25, 0.3) is 0 Å². The number of hydrogen-bond acceptors (Lipinski definition) is 4. The molecule has 28 heavy (non-hydrogen) atoms. The number of likely N-dealkylation sites (tertiary alicyclic amines) is 1. The number of benzene rings is 1. The van der Waals surface area contributed by atoms with Gasteiger partial charge in [0.1, 0.15) is 0 Å². The Kier molecular flexibility index (Phi) is 4.91. The fourth-order valence-corrected chi connectivity index (χ4v) is 4.23. The minimum atomic E-state index is -4.36. The molecule has 0 aromatic heterocycles. The summed E-state index contributed by atoms with van der Waals surface area (Å²) in [7, 11) is 0. The van der Waals surface area contributed by atoms with E-state index in [0.717, 1.165) is 6.07 Å². The van der Waals surface area contributed by atoms with Crippen molar-refractivity contribution in [1.29, 1.82) is 0 Å². The van der Waals surface area contributed by atoms with Crippen molar-refractivity contribution in [2.45, 2.75) is 19.0 Å². The van der Waals surface area contributed by atoms with Gasteiger partial charge in [-0.05, 0) is 31.0 Å². The lowest BCUT2D eigenvalue weighted by molar-refractivity contribution is -0.142. The summed E-state index contributed by atoms with van der Waals surface area (Å²) in [6, 6.07) is 5.33. The molecule has 2 atom stereocenters. The smallest absolute Gasteiger partial charge is 0.369 e. The lowest BCUT2D eigenvalue weighted by Gasteiger charge is -2.37. The molecule has 5 nitrogen and oxygen atoms in total. The summed E-state index contributed by atoms with van der Waals surface area (Å²) >= 11 is 0. The highest BCUT2D eigenvalue weighted by atomic mass is 19.4. The molecule has 1 aromatic rings. The fraction of sp³-hybridized carbons (Fsp3) is 0.500. The predicted molar refractivity (Wildman–Crippen MR) is 97.3 cm³/mol. The SMILES string of the molecule is O=C1[C@@H]2CC=CC[C@H]2C(=O)N1CN1CCN(c2cccc(C(F)(F)F)c2)CC1. The van der Waals surface area contributed by atoms with E-state index < -0.39 is 11.7 Å². The van der Waals surface area contributed by atoms with Gasteiger partial charge in [0.05, 0.1) is 24.1 Å². The number of alkyl halides is 3. The monoisotopic (exact) mass is 393 g/mol. The van der Waals surface area contributed by atoms with Gasteiger partial charge in [-0.2, -0.15) is 13.2 Å². The van der Waals surface area contributed by atoms with Gasteiger partial charge in [-0.25, -0.2) is 0 Å². The average molecular weight is 393 g/mol. The number of anilines is 1. The summed E-state index contributed by atoms with van der Waals surface area (Å²) in [6.07, 6.45) is 0.803. The van der Waals surface area contributed by atoms with Crippen molar-refractivity contribution in [2.24, 2.45) is 11.8 Å². The van der Waals surface area contributed by atoms with Crippen molar-refractivity contribution >= 4 is 17.5 Å². The molecule has 2 heterocycles. The lowest BCUT2D eigenvalue weighted by Crippen LogP contribution is -2.51. The van der Waals surface area contributed by atoms with Gasteiger partial charge in [-0.1, -0.05) is 18.2 Å². The van der Waals surface area contributed by atoms with Crippen LogP contribution in [0.4, 0.5) is 18.9 Å². The van der Waals surface area contributed by atoms with E-state index in [1.54, 1.807) is 6.07 Å². The van der Waals surface area contributed by atoms with Gasteiger partial charge in [0.15, 0.2) is 0 Å². The molecule has 0 N–H and O–H groups in total. The number of rotatable bonds is 3. The molecule has 1 aliphatic carbocycles. The average Bonchev–Trinajstić information content (AvgIpc) is 2.93. The maximum absolute atomic E-state index is 12.9. The topological polar surface area (TPSA) is 43.9 Å². The number of carbonyl (C=O) groups excluding carboxylic acids is 2. The molecule has 0 unspecified atom stereocenters.